The van der Waals surface area contributed by atoms with Gasteiger partial charge in [-0.1, -0.05) is 0 Å². The molecule has 3 N–H and O–H groups in total. The van der Waals surface area contributed by atoms with Crippen LogP contribution in [0, 0.1) is 0 Å². The lowest BCUT2D eigenvalue weighted by atomic mass is 10.0. The van der Waals surface area contributed by atoms with Gasteiger partial charge in [-0.2, -0.15) is 31.4 Å². The molecule has 0 atom stereocenters. The molecule has 0 fully saturated rings. The van der Waals surface area contributed by atoms with E-state index in [9.17, 15) is 31.1 Å². The summed E-state index contributed by atoms with van der Waals surface area (Å²) in [6.45, 7) is 0. The third-order valence-electron chi connectivity index (χ3n) is 2.36. The summed E-state index contributed by atoms with van der Waals surface area (Å²) in [6.07, 6.45) is -9.59. The number of hydrogen-bond acceptors (Lipinski definition) is 3. The topological polar surface area (TPSA) is 76.7 Å². The van der Waals surface area contributed by atoms with E-state index in [1.54, 1.807) is 5.43 Å². The molecular formula is C11H9F6N3O2. The van der Waals surface area contributed by atoms with Crippen LogP contribution in [0.4, 0.5) is 31.1 Å². The van der Waals surface area contributed by atoms with E-state index in [4.69, 9.17) is 0 Å². The number of methoxy groups -OCH3 is 1. The first-order valence-corrected chi connectivity index (χ1v) is 5.41. The van der Waals surface area contributed by atoms with Crippen molar-refractivity contribution in [1.29, 1.82) is 0 Å². The van der Waals surface area contributed by atoms with Crippen LogP contribution >= 0.6 is 0 Å². The Morgan fingerprint density at radius 2 is 1.82 bits per heavy atom. The fourth-order valence-electron chi connectivity index (χ4n) is 1.49. The predicted molar refractivity (Wildman–Crippen MR) is 63.3 cm³/mol. The second-order valence-electron chi connectivity index (χ2n) is 3.87. The Bertz CT molecular complexity index is 595. The molecule has 11 heteroatoms. The number of nitrogens with one attached hydrogen (secondary N) is 1. The number of nitrogens with zero attached hydrogens (tertiary/aromatic N) is 1. The monoisotopic (exact) mass is 329 g/mol. The Kier molecular flexibility index (Phi) is 4.89. The molecule has 5 nitrogen and oxygen atoms in total. The van der Waals surface area contributed by atoms with Crippen LogP contribution in [-0.2, 0) is 12.4 Å². The normalized spacial score (nSPS) is 12.5. The highest BCUT2D eigenvalue weighted by molar-refractivity contribution is 5.87. The summed E-state index contributed by atoms with van der Waals surface area (Å²) in [6, 6.07) is -0.842. The number of nitrogens with two attached hydrogens (primary N) is 1. The number of hydrazone groups is 1. The van der Waals surface area contributed by atoms with Crippen LogP contribution < -0.4 is 15.9 Å². The maximum absolute atomic E-state index is 12.9. The lowest BCUT2D eigenvalue weighted by molar-refractivity contribution is -0.143. The van der Waals surface area contributed by atoms with E-state index >= 15 is 0 Å². The number of carbonyl (C=O) groups excluding carboxylic acids is 1. The van der Waals surface area contributed by atoms with Gasteiger partial charge in [0.25, 0.3) is 0 Å². The molecule has 22 heavy (non-hydrogen) atoms. The van der Waals surface area contributed by atoms with Crippen molar-refractivity contribution >= 4 is 12.2 Å². The van der Waals surface area contributed by atoms with Crippen LogP contribution in [0.2, 0.25) is 0 Å². The zero-order chi connectivity index (χ0) is 17.1. The summed E-state index contributed by atoms with van der Waals surface area (Å²) >= 11 is 0. The fourth-order valence-corrected chi connectivity index (χ4v) is 1.49. The Morgan fingerprint density at radius 3 is 2.23 bits per heavy atom. The molecule has 122 valence electrons. The van der Waals surface area contributed by atoms with Gasteiger partial charge in [0, 0.05) is 5.56 Å². The van der Waals surface area contributed by atoms with E-state index in [1.807, 2.05) is 0 Å². The van der Waals surface area contributed by atoms with Gasteiger partial charge < -0.3 is 10.5 Å². The molecule has 0 aliphatic carbocycles. The standard InChI is InChI=1S/C11H9F6N3O2/c1-22-8-3-5(10(12,13)14)2-7(11(15,16)17)6(8)4-19-20-9(18)21/h2-4H,1H3,(H3,18,20,21). The van der Waals surface area contributed by atoms with Crippen molar-refractivity contribution in [2.75, 3.05) is 7.11 Å². The molecular weight excluding hydrogens is 320 g/mol. The van der Waals surface area contributed by atoms with Crippen molar-refractivity contribution < 1.29 is 35.9 Å². The van der Waals surface area contributed by atoms with Gasteiger partial charge in [0.15, 0.2) is 0 Å². The maximum Gasteiger partial charge on any atom is 0.417 e. The molecule has 0 aliphatic rings. The number of halogens is 6. The summed E-state index contributed by atoms with van der Waals surface area (Å²) in [7, 11) is 0.897. The lowest BCUT2D eigenvalue weighted by Gasteiger charge is -2.17. The van der Waals surface area contributed by atoms with Crippen molar-refractivity contribution in [1.82, 2.24) is 5.43 Å². The first kappa shape index (κ1) is 17.6. The minimum absolute atomic E-state index is 0.0753. The van der Waals surface area contributed by atoms with Crippen LogP contribution in [0.25, 0.3) is 0 Å². The third-order valence-corrected chi connectivity index (χ3v) is 2.36. The summed E-state index contributed by atoms with van der Waals surface area (Å²) < 4.78 is 81.2. The smallest absolute Gasteiger partial charge is 0.417 e. The van der Waals surface area contributed by atoms with E-state index in [2.05, 4.69) is 15.6 Å². The Hall–Kier alpha value is -2.46. The van der Waals surface area contributed by atoms with E-state index < -0.39 is 40.8 Å². The molecule has 0 aromatic heterocycles. The summed E-state index contributed by atoms with van der Waals surface area (Å²) in [5.74, 6) is -0.711. The molecule has 0 saturated carbocycles. The van der Waals surface area contributed by atoms with Gasteiger partial charge in [0.2, 0.25) is 0 Å². The zero-order valence-corrected chi connectivity index (χ0v) is 10.8. The number of benzene rings is 1. The highest BCUT2D eigenvalue weighted by atomic mass is 19.4. The number of alkyl halides is 6. The Labute approximate surface area is 119 Å². The summed E-state index contributed by atoms with van der Waals surface area (Å²) in [5.41, 5.74) is 2.37. The Balaban J connectivity index is 3.52. The van der Waals surface area contributed by atoms with E-state index in [0.717, 1.165) is 7.11 Å². The number of rotatable bonds is 3. The third kappa shape index (κ3) is 4.27. The lowest BCUT2D eigenvalue weighted by Crippen LogP contribution is -2.24. The zero-order valence-electron chi connectivity index (χ0n) is 10.8. The minimum atomic E-state index is -5.09. The van der Waals surface area contributed by atoms with Gasteiger partial charge in [-0.25, -0.2) is 10.2 Å². The average Bonchev–Trinajstić information content (AvgIpc) is 2.35. The molecule has 0 aliphatic heterocycles. The van der Waals surface area contributed by atoms with Crippen LogP contribution in [0.15, 0.2) is 17.2 Å². The van der Waals surface area contributed by atoms with E-state index in [0.29, 0.717) is 12.3 Å². The van der Waals surface area contributed by atoms with Crippen LogP contribution in [0.1, 0.15) is 16.7 Å². The average molecular weight is 329 g/mol. The largest absolute Gasteiger partial charge is 0.496 e. The second-order valence-corrected chi connectivity index (χ2v) is 3.87. The van der Waals surface area contributed by atoms with Crippen molar-refractivity contribution in [2.24, 2.45) is 10.8 Å². The van der Waals surface area contributed by atoms with Crippen molar-refractivity contribution in [2.45, 2.75) is 12.4 Å². The molecule has 2 amide bonds. The molecule has 1 aromatic rings. The molecule has 0 spiro atoms. The molecule has 0 bridgehead atoms. The van der Waals surface area contributed by atoms with E-state index in [-0.39, 0.29) is 6.07 Å². The molecule has 0 radical (unpaired) electrons. The molecule has 0 heterocycles. The van der Waals surface area contributed by atoms with Crippen LogP contribution in [-0.4, -0.2) is 19.4 Å². The maximum atomic E-state index is 12.9. The number of carbonyl (C=O) groups is 1. The Morgan fingerprint density at radius 1 is 1.23 bits per heavy atom. The second kappa shape index (κ2) is 6.12. The van der Waals surface area contributed by atoms with Gasteiger partial charge in [0.05, 0.1) is 24.5 Å². The van der Waals surface area contributed by atoms with Crippen molar-refractivity contribution in [3.63, 3.8) is 0 Å². The van der Waals surface area contributed by atoms with Gasteiger partial charge in [-0.3, -0.25) is 0 Å². The van der Waals surface area contributed by atoms with Crippen molar-refractivity contribution in [3.05, 3.63) is 28.8 Å². The first-order valence-electron chi connectivity index (χ1n) is 5.41. The van der Waals surface area contributed by atoms with Crippen LogP contribution in [0.5, 0.6) is 5.75 Å². The number of hydrogen-bond donors (Lipinski definition) is 2. The van der Waals surface area contributed by atoms with Crippen molar-refractivity contribution in [3.8, 4) is 5.75 Å². The van der Waals surface area contributed by atoms with Gasteiger partial charge in [-0.05, 0) is 12.1 Å². The highest BCUT2D eigenvalue weighted by Gasteiger charge is 2.39. The van der Waals surface area contributed by atoms with E-state index in [1.165, 1.54) is 0 Å². The molecule has 0 unspecified atom stereocenters. The SMILES string of the molecule is COc1cc(C(F)(F)F)cc(C(F)(F)F)c1C=NNC(N)=O. The highest BCUT2D eigenvalue weighted by Crippen LogP contribution is 2.40. The fraction of sp³-hybridized carbons (Fsp3) is 0.273. The molecule has 1 rings (SSSR count). The summed E-state index contributed by atoms with van der Waals surface area (Å²) in [4.78, 5) is 10.4. The minimum Gasteiger partial charge on any atom is -0.496 e. The summed E-state index contributed by atoms with van der Waals surface area (Å²) in [5, 5.41) is 3.10. The number of urea groups is 1. The van der Waals surface area contributed by atoms with Crippen LogP contribution in [0.3, 0.4) is 0 Å². The van der Waals surface area contributed by atoms with Gasteiger partial charge in [0.1, 0.15) is 5.75 Å². The number of ether oxygens (including phenoxy) is 1. The molecule has 1 aromatic carbocycles. The first-order chi connectivity index (χ1) is 9.96. The molecule has 0 saturated heterocycles. The van der Waals surface area contributed by atoms with Gasteiger partial charge >= 0.3 is 18.4 Å². The number of primary amides is 1. The van der Waals surface area contributed by atoms with Gasteiger partial charge in [-0.15, -0.1) is 0 Å². The quantitative estimate of drug-likeness (QED) is 0.508. The number of amides is 2. The predicted octanol–water partition coefficient (Wildman–Crippen LogP) is 2.74.